The monoisotopic (exact) mass is 389 g/mol. The zero-order valence-corrected chi connectivity index (χ0v) is 16.3. The minimum atomic E-state index is -0.344. The number of Topliss-reactive ketones (excluding diaryl/α,β-unsaturated/α-hetero) is 1. The van der Waals surface area contributed by atoms with E-state index in [4.69, 9.17) is 0 Å². The molecule has 0 fully saturated rings. The van der Waals surface area contributed by atoms with Crippen molar-refractivity contribution in [2.75, 3.05) is 10.6 Å². The molecule has 0 spiro atoms. The van der Waals surface area contributed by atoms with Crippen LogP contribution in [-0.4, -0.2) is 22.1 Å². The summed E-state index contributed by atoms with van der Waals surface area (Å²) in [5.41, 5.74) is 3.19. The molecule has 2 N–H and O–H groups in total. The fourth-order valence-corrected chi connectivity index (χ4v) is 3.90. The van der Waals surface area contributed by atoms with Crippen molar-refractivity contribution in [1.82, 2.24) is 0 Å². The van der Waals surface area contributed by atoms with E-state index in [1.54, 1.807) is 24.3 Å². The Balaban J connectivity index is 1.47. The van der Waals surface area contributed by atoms with E-state index in [9.17, 15) is 9.59 Å². The zero-order chi connectivity index (χ0) is 19.7. The van der Waals surface area contributed by atoms with Gasteiger partial charge in [-0.2, -0.15) is 0 Å². The summed E-state index contributed by atoms with van der Waals surface area (Å²) < 4.78 is 0. The van der Waals surface area contributed by atoms with Gasteiger partial charge in [0.05, 0.1) is 16.6 Å². The van der Waals surface area contributed by atoms with E-state index in [0.29, 0.717) is 16.4 Å². The maximum absolute atomic E-state index is 12.6. The third-order valence-electron chi connectivity index (χ3n) is 4.56. The average Bonchev–Trinajstić information content (AvgIpc) is 2.68. The van der Waals surface area contributed by atoms with Crippen LogP contribution >= 0.6 is 11.8 Å². The quantitative estimate of drug-likeness (QED) is 0.601. The van der Waals surface area contributed by atoms with Crippen LogP contribution in [0, 0.1) is 0 Å². The Bertz CT molecular complexity index is 1100. The zero-order valence-electron chi connectivity index (χ0n) is 15.5. The largest absolute Gasteiger partial charge is 0.334 e. The molecule has 0 saturated carbocycles. The topological polar surface area (TPSA) is 70.6 Å². The number of anilines is 2. The molecule has 5 nitrogen and oxygen atoms in total. The molecular weight excluding hydrogens is 370 g/mol. The fourth-order valence-electron chi connectivity index (χ4n) is 3.08. The van der Waals surface area contributed by atoms with Crippen molar-refractivity contribution in [3.63, 3.8) is 0 Å². The molecule has 0 unspecified atom stereocenters. The number of nitrogens with one attached hydrogen (secondary N) is 2. The lowest BCUT2D eigenvalue weighted by molar-refractivity contribution is -0.115. The highest BCUT2D eigenvalue weighted by atomic mass is 32.2. The molecule has 3 aromatic carbocycles. The second-order valence-corrected chi connectivity index (χ2v) is 7.94. The molecule has 28 heavy (non-hydrogen) atoms. The van der Waals surface area contributed by atoms with Crippen LogP contribution in [0.25, 0.3) is 10.8 Å². The van der Waals surface area contributed by atoms with E-state index < -0.39 is 0 Å². The standard InChI is InChI=1S/C22H19N3O2S/c1-13(26)15-9-11-17(12-10-15)23-21(27)14(2)28-22-24-18-7-3-5-16-6-4-8-19(25-22)20(16)18/h3-12,14H,1-2H3,(H,23,27)(H,24,25)/t14-/m1/s1. The summed E-state index contributed by atoms with van der Waals surface area (Å²) >= 11 is 1.38. The molecule has 1 aliphatic heterocycles. The smallest absolute Gasteiger partial charge is 0.237 e. The average molecular weight is 389 g/mol. The van der Waals surface area contributed by atoms with Crippen LogP contribution in [0.4, 0.5) is 17.1 Å². The van der Waals surface area contributed by atoms with Crippen LogP contribution in [0.3, 0.4) is 0 Å². The Hall–Kier alpha value is -3.12. The number of amides is 1. The summed E-state index contributed by atoms with van der Waals surface area (Å²) in [4.78, 5) is 28.6. The summed E-state index contributed by atoms with van der Waals surface area (Å²) in [7, 11) is 0. The Morgan fingerprint density at radius 3 is 2.46 bits per heavy atom. The first-order valence-electron chi connectivity index (χ1n) is 8.97. The molecular formula is C22H19N3O2S. The van der Waals surface area contributed by atoms with Crippen LogP contribution < -0.4 is 10.6 Å². The number of amidine groups is 1. The van der Waals surface area contributed by atoms with Crippen molar-refractivity contribution >= 4 is 56.5 Å². The first-order valence-corrected chi connectivity index (χ1v) is 9.85. The van der Waals surface area contributed by atoms with Crippen LogP contribution in [0.2, 0.25) is 0 Å². The highest BCUT2D eigenvalue weighted by Gasteiger charge is 2.20. The second-order valence-electron chi connectivity index (χ2n) is 6.61. The molecule has 0 aliphatic carbocycles. The maximum Gasteiger partial charge on any atom is 0.237 e. The number of benzene rings is 3. The minimum absolute atomic E-state index is 0.00140. The van der Waals surface area contributed by atoms with Gasteiger partial charge in [-0.25, -0.2) is 4.99 Å². The van der Waals surface area contributed by atoms with Crippen molar-refractivity contribution < 1.29 is 9.59 Å². The fraction of sp³-hybridized carbons (Fsp3) is 0.136. The lowest BCUT2D eigenvalue weighted by Crippen LogP contribution is -2.25. The first-order chi connectivity index (χ1) is 13.5. The van der Waals surface area contributed by atoms with E-state index >= 15 is 0 Å². The van der Waals surface area contributed by atoms with Crippen LogP contribution in [0.15, 0.2) is 65.7 Å². The van der Waals surface area contributed by atoms with Gasteiger partial charge < -0.3 is 10.6 Å². The molecule has 0 saturated heterocycles. The molecule has 1 aliphatic rings. The number of ketones is 1. The van der Waals surface area contributed by atoms with Gasteiger partial charge in [0, 0.05) is 16.6 Å². The molecule has 0 radical (unpaired) electrons. The molecule has 1 atom stereocenters. The van der Waals surface area contributed by atoms with Gasteiger partial charge in [0.1, 0.15) is 0 Å². The normalized spacial score (nSPS) is 13.4. The maximum atomic E-state index is 12.6. The van der Waals surface area contributed by atoms with E-state index in [0.717, 1.165) is 22.1 Å². The number of carbonyl (C=O) groups is 2. The van der Waals surface area contributed by atoms with Gasteiger partial charge in [-0.05, 0) is 55.6 Å². The molecule has 4 rings (SSSR count). The van der Waals surface area contributed by atoms with E-state index in [2.05, 4.69) is 27.8 Å². The Morgan fingerprint density at radius 1 is 1.04 bits per heavy atom. The number of rotatable bonds is 4. The molecule has 3 aromatic rings. The predicted octanol–water partition coefficient (Wildman–Crippen LogP) is 5.22. The first kappa shape index (κ1) is 18.3. The second kappa shape index (κ2) is 7.48. The van der Waals surface area contributed by atoms with E-state index in [-0.39, 0.29) is 16.9 Å². The molecule has 0 bridgehead atoms. The Kier molecular flexibility index (Phi) is 4.88. The Morgan fingerprint density at radius 2 is 1.75 bits per heavy atom. The van der Waals surface area contributed by atoms with Crippen molar-refractivity contribution in [3.8, 4) is 0 Å². The molecule has 1 amide bonds. The van der Waals surface area contributed by atoms with Gasteiger partial charge in [-0.3, -0.25) is 9.59 Å². The lowest BCUT2D eigenvalue weighted by atomic mass is 10.1. The van der Waals surface area contributed by atoms with Crippen LogP contribution in [0.5, 0.6) is 0 Å². The molecule has 6 heteroatoms. The molecule has 1 heterocycles. The lowest BCUT2D eigenvalue weighted by Gasteiger charge is -2.20. The Labute approximate surface area is 167 Å². The third kappa shape index (κ3) is 3.64. The van der Waals surface area contributed by atoms with Gasteiger partial charge in [-0.1, -0.05) is 36.0 Å². The SMILES string of the molecule is CC(=O)c1ccc(NC(=O)[C@@H](C)SC2=Nc3cccc4cccc(c34)N2)cc1. The number of carbonyl (C=O) groups excluding carboxylic acids is 2. The summed E-state index contributed by atoms with van der Waals surface area (Å²) in [5, 5.41) is 8.79. The van der Waals surface area contributed by atoms with Gasteiger partial charge >= 0.3 is 0 Å². The van der Waals surface area contributed by atoms with Crippen LogP contribution in [-0.2, 0) is 4.79 Å². The van der Waals surface area contributed by atoms with Crippen molar-refractivity contribution in [2.45, 2.75) is 19.1 Å². The number of thioether (sulfide) groups is 1. The predicted molar refractivity (Wildman–Crippen MR) is 117 cm³/mol. The summed E-state index contributed by atoms with van der Waals surface area (Å²) in [6.07, 6.45) is 0. The number of hydrogen-bond donors (Lipinski definition) is 2. The summed E-state index contributed by atoms with van der Waals surface area (Å²) in [6.45, 7) is 3.36. The summed E-state index contributed by atoms with van der Waals surface area (Å²) in [5.74, 6) is -0.124. The van der Waals surface area contributed by atoms with Gasteiger partial charge in [0.15, 0.2) is 11.0 Å². The third-order valence-corrected chi connectivity index (χ3v) is 5.55. The highest BCUT2D eigenvalue weighted by molar-refractivity contribution is 8.15. The van der Waals surface area contributed by atoms with Gasteiger partial charge in [-0.15, -0.1) is 0 Å². The van der Waals surface area contributed by atoms with Crippen LogP contribution in [0.1, 0.15) is 24.2 Å². The number of hydrogen-bond acceptors (Lipinski definition) is 5. The molecule has 0 aromatic heterocycles. The van der Waals surface area contributed by atoms with Gasteiger partial charge in [0.2, 0.25) is 5.91 Å². The van der Waals surface area contributed by atoms with Crippen molar-refractivity contribution in [1.29, 1.82) is 0 Å². The number of nitrogens with zero attached hydrogens (tertiary/aromatic N) is 1. The number of aliphatic imine (C=N–C) groups is 1. The highest BCUT2D eigenvalue weighted by Crippen LogP contribution is 2.37. The van der Waals surface area contributed by atoms with Gasteiger partial charge in [0.25, 0.3) is 0 Å². The van der Waals surface area contributed by atoms with E-state index in [1.165, 1.54) is 18.7 Å². The summed E-state index contributed by atoms with van der Waals surface area (Å²) in [6, 6.07) is 19.0. The molecule has 140 valence electrons. The van der Waals surface area contributed by atoms with Crippen molar-refractivity contribution in [2.24, 2.45) is 4.99 Å². The minimum Gasteiger partial charge on any atom is -0.334 e. The van der Waals surface area contributed by atoms with E-state index in [1.807, 2.05) is 31.2 Å². The van der Waals surface area contributed by atoms with Crippen molar-refractivity contribution in [3.05, 3.63) is 66.2 Å².